The van der Waals surface area contributed by atoms with Crippen molar-refractivity contribution in [1.29, 1.82) is 0 Å². The van der Waals surface area contributed by atoms with Crippen LogP contribution >= 0.6 is 0 Å². The number of H-pyrrole nitrogens is 1. The smallest absolute Gasteiger partial charge is 0.153 e. The van der Waals surface area contributed by atoms with E-state index in [4.69, 9.17) is 5.73 Å². The summed E-state index contributed by atoms with van der Waals surface area (Å²) in [5.41, 5.74) is 9.73. The highest BCUT2D eigenvalue weighted by Crippen LogP contribution is 2.74. The number of hydrogen-bond acceptors (Lipinski definition) is 3. The summed E-state index contributed by atoms with van der Waals surface area (Å²) >= 11 is 0. The van der Waals surface area contributed by atoms with E-state index in [1.807, 2.05) is 18.3 Å². The summed E-state index contributed by atoms with van der Waals surface area (Å²) in [4.78, 5) is 4.18. The highest BCUT2D eigenvalue weighted by atomic mass is 15.2. The lowest BCUT2D eigenvalue weighted by Crippen LogP contribution is -1.95. The van der Waals surface area contributed by atoms with E-state index in [2.05, 4.69) is 42.9 Å². The van der Waals surface area contributed by atoms with Gasteiger partial charge in [0.1, 0.15) is 0 Å². The Morgan fingerprint density at radius 1 is 1.21 bits per heavy atom. The molecule has 4 nitrogen and oxygen atoms in total. The van der Waals surface area contributed by atoms with Gasteiger partial charge in [0.2, 0.25) is 0 Å². The zero-order valence-electron chi connectivity index (χ0n) is 11.9. The number of aromatic nitrogens is 3. The number of nitrogens with two attached hydrogens (primary N) is 1. The molecule has 0 atom stereocenters. The molecule has 100 valence electrons. The van der Waals surface area contributed by atoms with Crippen LogP contribution in [0.4, 0.5) is 5.82 Å². The Morgan fingerprint density at radius 3 is 2.42 bits per heavy atom. The first kappa shape index (κ1) is 12.2. The second kappa shape index (κ2) is 3.59. The summed E-state index contributed by atoms with van der Waals surface area (Å²) in [5.74, 6) is 1.00. The highest BCUT2D eigenvalue weighted by molar-refractivity contribution is 5.77. The van der Waals surface area contributed by atoms with Crippen molar-refractivity contribution in [2.45, 2.75) is 33.6 Å². The molecule has 2 heterocycles. The maximum absolute atomic E-state index is 6.05. The van der Waals surface area contributed by atoms with Crippen molar-refractivity contribution in [3.05, 3.63) is 30.2 Å². The van der Waals surface area contributed by atoms with Gasteiger partial charge in [0.25, 0.3) is 0 Å². The van der Waals surface area contributed by atoms with Gasteiger partial charge in [-0.05, 0) is 16.9 Å². The number of anilines is 1. The van der Waals surface area contributed by atoms with Gasteiger partial charge in [0, 0.05) is 35.1 Å². The topological polar surface area (TPSA) is 67.6 Å². The summed E-state index contributed by atoms with van der Waals surface area (Å²) in [6.45, 7) is 9.17. The van der Waals surface area contributed by atoms with E-state index in [1.54, 1.807) is 6.20 Å². The van der Waals surface area contributed by atoms with Crippen LogP contribution in [0.25, 0.3) is 11.1 Å². The molecular formula is C15H20N4. The summed E-state index contributed by atoms with van der Waals surface area (Å²) in [6.07, 6.45) is 3.61. The Hall–Kier alpha value is -1.84. The fourth-order valence-corrected chi connectivity index (χ4v) is 3.31. The van der Waals surface area contributed by atoms with Gasteiger partial charge in [-0.3, -0.25) is 10.1 Å². The minimum Gasteiger partial charge on any atom is -0.382 e. The van der Waals surface area contributed by atoms with Crippen molar-refractivity contribution in [1.82, 2.24) is 15.2 Å². The normalized spacial score (nSPS) is 20.4. The van der Waals surface area contributed by atoms with Crippen molar-refractivity contribution in [3.8, 4) is 11.1 Å². The van der Waals surface area contributed by atoms with Gasteiger partial charge in [-0.1, -0.05) is 33.8 Å². The lowest BCUT2D eigenvalue weighted by atomic mass is 10.0. The molecule has 1 aliphatic rings. The lowest BCUT2D eigenvalue weighted by Gasteiger charge is -2.05. The van der Waals surface area contributed by atoms with Gasteiger partial charge in [-0.2, -0.15) is 5.10 Å². The number of nitrogens with one attached hydrogen (secondary N) is 1. The molecule has 1 saturated carbocycles. The molecule has 2 aromatic rings. The van der Waals surface area contributed by atoms with E-state index in [-0.39, 0.29) is 10.8 Å². The molecule has 1 aliphatic carbocycles. The largest absolute Gasteiger partial charge is 0.382 e. The molecule has 19 heavy (non-hydrogen) atoms. The first-order chi connectivity index (χ1) is 8.87. The monoisotopic (exact) mass is 256 g/mol. The van der Waals surface area contributed by atoms with Crippen molar-refractivity contribution >= 4 is 5.82 Å². The summed E-state index contributed by atoms with van der Waals surface area (Å²) in [7, 11) is 0. The van der Waals surface area contributed by atoms with Gasteiger partial charge < -0.3 is 5.73 Å². The summed E-state index contributed by atoms with van der Waals surface area (Å²) in [5, 5.41) is 7.35. The third kappa shape index (κ3) is 1.52. The van der Waals surface area contributed by atoms with E-state index in [0.717, 1.165) is 16.8 Å². The average molecular weight is 256 g/mol. The Labute approximate surface area is 113 Å². The van der Waals surface area contributed by atoms with Crippen LogP contribution in [0.2, 0.25) is 0 Å². The predicted molar refractivity (Wildman–Crippen MR) is 76.5 cm³/mol. The van der Waals surface area contributed by atoms with Gasteiger partial charge >= 0.3 is 0 Å². The van der Waals surface area contributed by atoms with Crippen molar-refractivity contribution in [2.75, 3.05) is 5.73 Å². The molecule has 3 N–H and O–H groups in total. The molecule has 0 spiro atoms. The number of hydrogen-bond donors (Lipinski definition) is 2. The molecule has 0 amide bonds. The molecule has 0 radical (unpaired) electrons. The molecule has 1 fully saturated rings. The molecule has 2 aromatic heterocycles. The minimum atomic E-state index is 0.253. The molecule has 0 aliphatic heterocycles. The SMILES string of the molecule is CC1(C)C(c2[nH]nc(N)c2-c2cccnc2)C1(C)C. The van der Waals surface area contributed by atoms with E-state index < -0.39 is 0 Å². The predicted octanol–water partition coefficient (Wildman–Crippen LogP) is 3.20. The standard InChI is InChI=1S/C15H20N4/c1-14(2)12(15(14,3)4)11-10(13(16)19-18-11)9-6-5-7-17-8-9/h5-8,12H,1-4H3,(H3,16,18,19). The van der Waals surface area contributed by atoms with Crippen LogP contribution < -0.4 is 5.73 Å². The number of pyridine rings is 1. The Bertz CT molecular complexity index is 596. The van der Waals surface area contributed by atoms with Crippen LogP contribution in [0.15, 0.2) is 24.5 Å². The summed E-state index contributed by atoms with van der Waals surface area (Å²) < 4.78 is 0. The van der Waals surface area contributed by atoms with E-state index in [0.29, 0.717) is 11.7 Å². The zero-order chi connectivity index (χ0) is 13.8. The molecular weight excluding hydrogens is 236 g/mol. The summed E-state index contributed by atoms with van der Waals surface area (Å²) in [6, 6.07) is 3.95. The fraction of sp³-hybridized carbons (Fsp3) is 0.467. The molecule has 0 aromatic carbocycles. The van der Waals surface area contributed by atoms with Gasteiger partial charge in [-0.15, -0.1) is 0 Å². The van der Waals surface area contributed by atoms with Crippen molar-refractivity contribution < 1.29 is 0 Å². The van der Waals surface area contributed by atoms with Gasteiger partial charge in [-0.25, -0.2) is 0 Å². The fourth-order valence-electron chi connectivity index (χ4n) is 3.31. The van der Waals surface area contributed by atoms with Crippen LogP contribution in [-0.2, 0) is 0 Å². The van der Waals surface area contributed by atoms with Gasteiger partial charge in [0.05, 0.1) is 0 Å². The van der Waals surface area contributed by atoms with Crippen molar-refractivity contribution in [3.63, 3.8) is 0 Å². The molecule has 3 rings (SSSR count). The molecule has 0 unspecified atom stereocenters. The Balaban J connectivity index is 2.12. The molecule has 0 bridgehead atoms. The third-order valence-corrected chi connectivity index (χ3v) is 5.08. The average Bonchev–Trinajstić information content (AvgIpc) is 2.64. The van der Waals surface area contributed by atoms with Gasteiger partial charge in [0.15, 0.2) is 5.82 Å². The van der Waals surface area contributed by atoms with E-state index >= 15 is 0 Å². The van der Waals surface area contributed by atoms with Crippen molar-refractivity contribution in [2.24, 2.45) is 10.8 Å². The van der Waals surface area contributed by atoms with E-state index in [1.165, 1.54) is 0 Å². The molecule has 0 saturated heterocycles. The highest BCUT2D eigenvalue weighted by Gasteiger charge is 2.66. The number of aromatic amines is 1. The third-order valence-electron chi connectivity index (χ3n) is 5.08. The van der Waals surface area contributed by atoms with Crippen LogP contribution in [0.5, 0.6) is 0 Å². The Kier molecular flexibility index (Phi) is 2.31. The first-order valence-corrected chi connectivity index (χ1v) is 6.61. The number of nitrogens with zero attached hydrogens (tertiary/aromatic N) is 2. The molecule has 4 heteroatoms. The maximum Gasteiger partial charge on any atom is 0.153 e. The van der Waals surface area contributed by atoms with Crippen LogP contribution in [0.3, 0.4) is 0 Å². The lowest BCUT2D eigenvalue weighted by molar-refractivity contribution is 0.457. The minimum absolute atomic E-state index is 0.253. The van der Waals surface area contributed by atoms with Crippen LogP contribution in [0.1, 0.15) is 39.3 Å². The quantitative estimate of drug-likeness (QED) is 0.867. The Morgan fingerprint density at radius 2 is 1.89 bits per heavy atom. The zero-order valence-corrected chi connectivity index (χ0v) is 11.9. The second-order valence-corrected chi connectivity index (χ2v) is 6.52. The van der Waals surface area contributed by atoms with E-state index in [9.17, 15) is 0 Å². The second-order valence-electron chi connectivity index (χ2n) is 6.52. The number of rotatable bonds is 2. The maximum atomic E-state index is 6.05. The van der Waals surface area contributed by atoms with Crippen LogP contribution in [-0.4, -0.2) is 15.2 Å². The first-order valence-electron chi connectivity index (χ1n) is 6.61. The van der Waals surface area contributed by atoms with Crippen LogP contribution in [0, 0.1) is 10.8 Å². The number of nitrogen functional groups attached to an aromatic ring is 1.